The van der Waals surface area contributed by atoms with Crippen LogP contribution in [0.1, 0.15) is 12.5 Å². The molecule has 0 aromatic heterocycles. The number of hydrogen-bond donors (Lipinski definition) is 2. The molecule has 2 rings (SSSR count). The van der Waals surface area contributed by atoms with Crippen molar-refractivity contribution in [1.29, 1.82) is 0 Å². The second-order valence-corrected chi connectivity index (χ2v) is 5.31. The molecule has 110 valence electrons. The molecule has 2 N–H and O–H groups in total. The van der Waals surface area contributed by atoms with Crippen LogP contribution in [0.3, 0.4) is 0 Å². The van der Waals surface area contributed by atoms with Crippen molar-refractivity contribution < 1.29 is 9.18 Å². The highest BCUT2D eigenvalue weighted by Gasteiger charge is 2.06. The van der Waals surface area contributed by atoms with Crippen LogP contribution in [0.5, 0.6) is 0 Å². The summed E-state index contributed by atoms with van der Waals surface area (Å²) in [7, 11) is 0. The largest absolute Gasteiger partial charge is 0.381 e. The Morgan fingerprint density at radius 3 is 2.67 bits per heavy atom. The Hall–Kier alpha value is -1.78. The molecule has 0 saturated carbocycles. The highest BCUT2D eigenvalue weighted by molar-refractivity contribution is 6.33. The van der Waals surface area contributed by atoms with Crippen molar-refractivity contribution in [3.63, 3.8) is 0 Å². The van der Waals surface area contributed by atoms with Crippen molar-refractivity contribution in [1.82, 2.24) is 0 Å². The van der Waals surface area contributed by atoms with Crippen molar-refractivity contribution in [3.05, 3.63) is 57.8 Å². The lowest BCUT2D eigenvalue weighted by Gasteiger charge is -2.11. The molecule has 6 heteroatoms. The van der Waals surface area contributed by atoms with Gasteiger partial charge in [0.25, 0.3) is 0 Å². The summed E-state index contributed by atoms with van der Waals surface area (Å²) in [5, 5.41) is 6.73. The molecule has 0 bridgehead atoms. The Morgan fingerprint density at radius 2 is 1.95 bits per heavy atom. The van der Waals surface area contributed by atoms with E-state index in [1.54, 1.807) is 24.3 Å². The first-order valence-corrected chi connectivity index (χ1v) is 6.96. The van der Waals surface area contributed by atoms with Gasteiger partial charge in [0.2, 0.25) is 5.91 Å². The minimum Gasteiger partial charge on any atom is -0.381 e. The molecular weight excluding hydrogens is 314 g/mol. The first kappa shape index (κ1) is 15.6. The SMILES string of the molecule is CC(=O)Nc1cc(NCc2cc(Cl)ccc2Cl)ccc1F. The zero-order valence-corrected chi connectivity index (χ0v) is 12.7. The zero-order valence-electron chi connectivity index (χ0n) is 11.2. The first-order chi connectivity index (χ1) is 9.95. The number of nitrogens with one attached hydrogen (secondary N) is 2. The molecule has 0 aliphatic rings. The van der Waals surface area contributed by atoms with E-state index in [2.05, 4.69) is 10.6 Å². The summed E-state index contributed by atoms with van der Waals surface area (Å²) in [4.78, 5) is 11.0. The van der Waals surface area contributed by atoms with Gasteiger partial charge < -0.3 is 10.6 Å². The van der Waals surface area contributed by atoms with Crippen LogP contribution in [0.15, 0.2) is 36.4 Å². The number of halogens is 3. The number of benzene rings is 2. The third kappa shape index (κ3) is 4.34. The Balaban J connectivity index is 2.13. The van der Waals surface area contributed by atoms with E-state index >= 15 is 0 Å². The molecule has 0 radical (unpaired) electrons. The standard InChI is InChI=1S/C15H13Cl2FN2O/c1-9(21)20-15-7-12(3-5-14(15)18)19-8-10-6-11(16)2-4-13(10)17/h2-7,19H,8H2,1H3,(H,20,21). The van der Waals surface area contributed by atoms with E-state index < -0.39 is 5.82 Å². The summed E-state index contributed by atoms with van der Waals surface area (Å²) in [6.45, 7) is 1.76. The van der Waals surface area contributed by atoms with E-state index in [0.29, 0.717) is 22.3 Å². The molecule has 0 aliphatic heterocycles. The van der Waals surface area contributed by atoms with Gasteiger partial charge in [-0.1, -0.05) is 23.2 Å². The fraction of sp³-hybridized carbons (Fsp3) is 0.133. The van der Waals surface area contributed by atoms with Gasteiger partial charge in [0.15, 0.2) is 0 Å². The molecule has 0 unspecified atom stereocenters. The van der Waals surface area contributed by atoms with E-state index in [0.717, 1.165) is 5.56 Å². The Morgan fingerprint density at radius 1 is 1.19 bits per heavy atom. The summed E-state index contributed by atoms with van der Waals surface area (Å²) in [5.41, 5.74) is 1.62. The predicted molar refractivity (Wildman–Crippen MR) is 84.5 cm³/mol. The van der Waals surface area contributed by atoms with Gasteiger partial charge in [-0.15, -0.1) is 0 Å². The van der Waals surface area contributed by atoms with E-state index in [1.165, 1.54) is 19.1 Å². The van der Waals surface area contributed by atoms with Crippen LogP contribution in [-0.4, -0.2) is 5.91 Å². The number of rotatable bonds is 4. The molecule has 0 aliphatic carbocycles. The van der Waals surface area contributed by atoms with Gasteiger partial charge in [0.1, 0.15) is 5.82 Å². The molecular formula is C15H13Cl2FN2O. The van der Waals surface area contributed by atoms with Gasteiger partial charge >= 0.3 is 0 Å². The summed E-state index contributed by atoms with van der Waals surface area (Å²) >= 11 is 12.0. The number of carbonyl (C=O) groups is 1. The molecule has 0 heterocycles. The second kappa shape index (κ2) is 6.78. The lowest BCUT2D eigenvalue weighted by Crippen LogP contribution is -2.08. The van der Waals surface area contributed by atoms with Crippen LogP contribution in [0.4, 0.5) is 15.8 Å². The van der Waals surface area contributed by atoms with Crippen LogP contribution >= 0.6 is 23.2 Å². The number of amides is 1. The first-order valence-electron chi connectivity index (χ1n) is 6.20. The van der Waals surface area contributed by atoms with Gasteiger partial charge in [0.05, 0.1) is 5.69 Å². The van der Waals surface area contributed by atoms with Crippen LogP contribution < -0.4 is 10.6 Å². The van der Waals surface area contributed by atoms with Crippen molar-refractivity contribution in [2.75, 3.05) is 10.6 Å². The minimum absolute atomic E-state index is 0.129. The van der Waals surface area contributed by atoms with Crippen LogP contribution in [-0.2, 0) is 11.3 Å². The molecule has 0 atom stereocenters. The number of hydrogen-bond acceptors (Lipinski definition) is 2. The van der Waals surface area contributed by atoms with Crippen LogP contribution in [0.25, 0.3) is 0 Å². The zero-order chi connectivity index (χ0) is 15.4. The highest BCUT2D eigenvalue weighted by Crippen LogP contribution is 2.23. The maximum absolute atomic E-state index is 13.5. The third-order valence-electron chi connectivity index (χ3n) is 2.77. The lowest BCUT2D eigenvalue weighted by atomic mass is 10.2. The Bertz CT molecular complexity index is 677. The quantitative estimate of drug-likeness (QED) is 0.854. The van der Waals surface area contributed by atoms with E-state index in [4.69, 9.17) is 23.2 Å². The predicted octanol–water partition coefficient (Wildman–Crippen LogP) is 4.70. The van der Waals surface area contributed by atoms with E-state index in [-0.39, 0.29) is 11.6 Å². The fourth-order valence-corrected chi connectivity index (χ4v) is 2.18. The molecule has 2 aromatic rings. The van der Waals surface area contributed by atoms with Crippen molar-refractivity contribution in [2.24, 2.45) is 0 Å². The van der Waals surface area contributed by atoms with E-state index in [1.807, 2.05) is 0 Å². The van der Waals surface area contributed by atoms with Gasteiger partial charge in [-0.2, -0.15) is 0 Å². The summed E-state index contributed by atoms with van der Waals surface area (Å²) in [5.74, 6) is -0.819. The maximum Gasteiger partial charge on any atom is 0.221 e. The van der Waals surface area contributed by atoms with Gasteiger partial charge in [-0.3, -0.25) is 4.79 Å². The van der Waals surface area contributed by atoms with Crippen molar-refractivity contribution in [3.8, 4) is 0 Å². The normalized spacial score (nSPS) is 10.3. The molecule has 3 nitrogen and oxygen atoms in total. The molecule has 0 spiro atoms. The third-order valence-corrected chi connectivity index (χ3v) is 3.37. The Labute approximate surface area is 132 Å². The van der Waals surface area contributed by atoms with Crippen molar-refractivity contribution in [2.45, 2.75) is 13.5 Å². The average Bonchev–Trinajstić information content (AvgIpc) is 2.42. The summed E-state index contributed by atoms with van der Waals surface area (Å²) < 4.78 is 13.5. The lowest BCUT2D eigenvalue weighted by molar-refractivity contribution is -0.114. The van der Waals surface area contributed by atoms with Crippen LogP contribution in [0.2, 0.25) is 10.0 Å². The molecule has 21 heavy (non-hydrogen) atoms. The monoisotopic (exact) mass is 326 g/mol. The number of carbonyl (C=O) groups excluding carboxylic acids is 1. The molecule has 1 amide bonds. The van der Waals surface area contributed by atoms with Gasteiger partial charge in [-0.25, -0.2) is 4.39 Å². The Kier molecular flexibility index (Phi) is 5.04. The minimum atomic E-state index is -0.489. The number of anilines is 2. The van der Waals surface area contributed by atoms with Gasteiger partial charge in [-0.05, 0) is 42.0 Å². The van der Waals surface area contributed by atoms with Crippen LogP contribution in [0, 0.1) is 5.82 Å². The average molecular weight is 327 g/mol. The summed E-state index contributed by atoms with van der Waals surface area (Å²) in [6, 6.07) is 9.57. The fourth-order valence-electron chi connectivity index (χ4n) is 1.80. The topological polar surface area (TPSA) is 41.1 Å². The van der Waals surface area contributed by atoms with Crippen molar-refractivity contribution >= 4 is 40.5 Å². The summed E-state index contributed by atoms with van der Waals surface area (Å²) in [6.07, 6.45) is 0. The second-order valence-electron chi connectivity index (χ2n) is 4.47. The van der Waals surface area contributed by atoms with Gasteiger partial charge in [0, 0.05) is 29.2 Å². The highest BCUT2D eigenvalue weighted by atomic mass is 35.5. The molecule has 0 saturated heterocycles. The van der Waals surface area contributed by atoms with E-state index in [9.17, 15) is 9.18 Å². The molecule has 0 fully saturated rings. The molecule has 2 aromatic carbocycles. The smallest absolute Gasteiger partial charge is 0.221 e. The maximum atomic E-state index is 13.5.